The molecule has 6 nitrogen and oxygen atoms in total. The number of hydrogen-bond donors (Lipinski definition) is 3. The van der Waals surface area contributed by atoms with Gasteiger partial charge in [-0.1, -0.05) is 37.0 Å². The molecule has 0 aliphatic rings. The lowest BCUT2D eigenvalue weighted by atomic mass is 9.96. The Morgan fingerprint density at radius 2 is 1.79 bits per heavy atom. The van der Waals surface area contributed by atoms with E-state index >= 15 is 0 Å². The number of halogens is 2. The van der Waals surface area contributed by atoms with Gasteiger partial charge in [-0.2, -0.15) is 0 Å². The third-order valence-electron chi connectivity index (χ3n) is 4.09. The van der Waals surface area contributed by atoms with Crippen molar-refractivity contribution in [3.63, 3.8) is 0 Å². The van der Waals surface area contributed by atoms with Crippen molar-refractivity contribution >= 4 is 46.5 Å². The van der Waals surface area contributed by atoms with E-state index in [0.717, 1.165) is 5.56 Å². The van der Waals surface area contributed by atoms with Crippen molar-refractivity contribution in [1.29, 1.82) is 0 Å². The van der Waals surface area contributed by atoms with Crippen LogP contribution >= 0.6 is 34.5 Å². The fourth-order valence-corrected chi connectivity index (χ4v) is 4.14. The highest BCUT2D eigenvalue weighted by atomic mass is 35.5. The van der Waals surface area contributed by atoms with Gasteiger partial charge in [0.05, 0.1) is 11.6 Å². The number of nitrogens with zero attached hydrogens (tertiary/aromatic N) is 1. The zero-order valence-electron chi connectivity index (χ0n) is 15.5. The van der Waals surface area contributed by atoms with Gasteiger partial charge in [0.2, 0.25) is 0 Å². The number of carbonyl (C=O) groups is 2. The van der Waals surface area contributed by atoms with Gasteiger partial charge < -0.3 is 15.5 Å². The molecular weight excluding hydrogens is 423 g/mol. The molecule has 0 saturated heterocycles. The molecule has 152 valence electrons. The summed E-state index contributed by atoms with van der Waals surface area (Å²) < 4.78 is 0. The van der Waals surface area contributed by atoms with Crippen LogP contribution in [0.4, 0.5) is 0 Å². The maximum Gasteiger partial charge on any atom is 0.321 e. The number of carboxylic acids is 2. The monoisotopic (exact) mass is 444 g/mol. The van der Waals surface area contributed by atoms with Crippen molar-refractivity contribution in [2.24, 2.45) is 11.8 Å². The molecule has 0 spiro atoms. The second-order valence-corrected chi connectivity index (χ2v) is 8.70. The molecule has 3 N–H and O–H groups in total. The predicted molar refractivity (Wildman–Crippen MR) is 111 cm³/mol. The van der Waals surface area contributed by atoms with Crippen molar-refractivity contribution in [2.45, 2.75) is 32.7 Å². The molecule has 1 aromatic heterocycles. The van der Waals surface area contributed by atoms with Crippen molar-refractivity contribution in [3.8, 4) is 10.6 Å². The van der Waals surface area contributed by atoms with E-state index in [4.69, 9.17) is 23.2 Å². The van der Waals surface area contributed by atoms with Crippen LogP contribution in [0.3, 0.4) is 0 Å². The molecule has 0 bridgehead atoms. The van der Waals surface area contributed by atoms with Crippen molar-refractivity contribution < 1.29 is 19.8 Å². The normalized spacial score (nSPS) is 13.5. The molecule has 1 aromatic carbocycles. The first-order chi connectivity index (χ1) is 13.2. The van der Waals surface area contributed by atoms with Crippen LogP contribution in [0.15, 0.2) is 23.6 Å². The highest BCUT2D eigenvalue weighted by molar-refractivity contribution is 7.13. The van der Waals surface area contributed by atoms with Crippen LogP contribution in [0.25, 0.3) is 10.6 Å². The van der Waals surface area contributed by atoms with Crippen LogP contribution in [-0.2, 0) is 16.0 Å². The Morgan fingerprint density at radius 3 is 2.32 bits per heavy atom. The minimum Gasteiger partial charge on any atom is -0.481 e. The number of aromatic nitrogens is 1. The maximum atomic E-state index is 11.6. The number of nitrogens with one attached hydrogen (secondary N) is 1. The van der Waals surface area contributed by atoms with E-state index in [2.05, 4.69) is 10.3 Å². The Morgan fingerprint density at radius 1 is 1.14 bits per heavy atom. The van der Waals surface area contributed by atoms with Gasteiger partial charge in [0.1, 0.15) is 11.0 Å². The molecule has 2 rings (SSSR count). The number of benzene rings is 1. The summed E-state index contributed by atoms with van der Waals surface area (Å²) in [6, 6.07) is 4.19. The van der Waals surface area contributed by atoms with Crippen LogP contribution in [0.5, 0.6) is 0 Å². The second kappa shape index (κ2) is 10.2. The Kier molecular flexibility index (Phi) is 8.24. The van der Waals surface area contributed by atoms with Crippen LogP contribution < -0.4 is 5.32 Å². The molecule has 0 unspecified atom stereocenters. The summed E-state index contributed by atoms with van der Waals surface area (Å²) in [7, 11) is 0. The van der Waals surface area contributed by atoms with Gasteiger partial charge in [-0.15, -0.1) is 11.3 Å². The minimum absolute atomic E-state index is 0.0887. The smallest absolute Gasteiger partial charge is 0.321 e. The SMILES string of the molecule is CC(C)C[C@H](CN[C@@H](Cc1csc(-c2cc(Cl)cc(Cl)c2)n1)C(=O)O)C(=O)O. The van der Waals surface area contributed by atoms with Crippen molar-refractivity contribution in [2.75, 3.05) is 6.54 Å². The van der Waals surface area contributed by atoms with Crippen molar-refractivity contribution in [3.05, 3.63) is 39.3 Å². The maximum absolute atomic E-state index is 11.6. The van der Waals surface area contributed by atoms with Gasteiger partial charge in [0, 0.05) is 34.0 Å². The summed E-state index contributed by atoms with van der Waals surface area (Å²) in [6.07, 6.45) is 0.624. The molecule has 0 amide bonds. The molecule has 28 heavy (non-hydrogen) atoms. The van der Waals surface area contributed by atoms with E-state index < -0.39 is 23.9 Å². The summed E-state index contributed by atoms with van der Waals surface area (Å²) in [5.41, 5.74) is 1.36. The lowest BCUT2D eigenvalue weighted by Gasteiger charge is -2.19. The molecule has 2 aromatic rings. The lowest BCUT2D eigenvalue weighted by Crippen LogP contribution is -2.42. The van der Waals surface area contributed by atoms with Gasteiger partial charge in [-0.3, -0.25) is 9.59 Å². The molecule has 0 radical (unpaired) electrons. The molecule has 0 saturated carbocycles. The molecular formula is C19H22Cl2N2O4S. The Balaban J connectivity index is 2.07. The average Bonchev–Trinajstić information content (AvgIpc) is 3.04. The highest BCUT2D eigenvalue weighted by Gasteiger charge is 2.24. The number of hydrogen-bond acceptors (Lipinski definition) is 5. The van der Waals surface area contributed by atoms with E-state index in [9.17, 15) is 19.8 Å². The first kappa shape index (κ1) is 22.6. The van der Waals surface area contributed by atoms with Crippen LogP contribution in [0.1, 0.15) is 26.0 Å². The topological polar surface area (TPSA) is 99.5 Å². The van der Waals surface area contributed by atoms with E-state index in [1.807, 2.05) is 13.8 Å². The van der Waals surface area contributed by atoms with Gasteiger partial charge in [-0.05, 0) is 30.5 Å². The van der Waals surface area contributed by atoms with E-state index in [0.29, 0.717) is 27.2 Å². The van der Waals surface area contributed by atoms with Crippen LogP contribution in [0, 0.1) is 11.8 Å². The van der Waals surface area contributed by atoms with Crippen LogP contribution in [0.2, 0.25) is 10.0 Å². The third kappa shape index (κ3) is 6.74. The third-order valence-corrected chi connectivity index (χ3v) is 5.47. The number of aliphatic carboxylic acids is 2. The zero-order valence-corrected chi connectivity index (χ0v) is 17.8. The zero-order chi connectivity index (χ0) is 20.8. The minimum atomic E-state index is -1.05. The summed E-state index contributed by atoms with van der Waals surface area (Å²) in [5.74, 6) is -2.41. The first-order valence-electron chi connectivity index (χ1n) is 8.75. The Bertz CT molecular complexity index is 821. The number of thiazole rings is 1. The second-order valence-electron chi connectivity index (χ2n) is 6.97. The molecule has 2 atom stereocenters. The van der Waals surface area contributed by atoms with Gasteiger partial charge >= 0.3 is 11.9 Å². The van der Waals surface area contributed by atoms with Crippen LogP contribution in [-0.4, -0.2) is 39.7 Å². The fraction of sp³-hybridized carbons (Fsp3) is 0.421. The van der Waals surface area contributed by atoms with Gasteiger partial charge in [0.15, 0.2) is 0 Å². The van der Waals surface area contributed by atoms with Crippen molar-refractivity contribution in [1.82, 2.24) is 10.3 Å². The average molecular weight is 445 g/mol. The molecule has 0 aliphatic carbocycles. The quantitative estimate of drug-likeness (QED) is 0.500. The van der Waals surface area contributed by atoms with Gasteiger partial charge in [-0.25, -0.2) is 4.98 Å². The molecule has 0 aliphatic heterocycles. The molecule has 0 fully saturated rings. The van der Waals surface area contributed by atoms with E-state index in [1.54, 1.807) is 23.6 Å². The Labute approximate surface area is 177 Å². The molecule has 1 heterocycles. The van der Waals surface area contributed by atoms with E-state index in [-0.39, 0.29) is 18.9 Å². The highest BCUT2D eigenvalue weighted by Crippen LogP contribution is 2.29. The predicted octanol–water partition coefficient (Wildman–Crippen LogP) is 4.45. The fourth-order valence-electron chi connectivity index (χ4n) is 2.79. The first-order valence-corrected chi connectivity index (χ1v) is 10.4. The lowest BCUT2D eigenvalue weighted by molar-refractivity contribution is -0.144. The standard InChI is InChI=1S/C19H22Cl2N2O4S/c1-10(2)3-12(18(24)25)8-22-16(19(26)27)7-15-9-28-17(23-15)11-4-13(20)6-14(21)5-11/h4-6,9-10,12,16,22H,3,7-8H2,1-2H3,(H,24,25)(H,26,27)/t12-,16+/m1/s1. The largest absolute Gasteiger partial charge is 0.481 e. The summed E-state index contributed by atoms with van der Waals surface area (Å²) >= 11 is 13.4. The van der Waals surface area contributed by atoms with E-state index in [1.165, 1.54) is 11.3 Å². The summed E-state index contributed by atoms with van der Waals surface area (Å²) in [5, 5.41) is 25.1. The van der Waals surface area contributed by atoms with Gasteiger partial charge in [0.25, 0.3) is 0 Å². The molecule has 9 heteroatoms. The summed E-state index contributed by atoms with van der Waals surface area (Å²) in [6.45, 7) is 3.96. The number of carboxylic acid groups (broad SMARTS) is 2. The Hall–Kier alpha value is -1.67. The number of rotatable bonds is 10. The summed E-state index contributed by atoms with van der Waals surface area (Å²) in [4.78, 5) is 27.5.